The molecule has 3 rings (SSSR count). The minimum atomic E-state index is 0.368. The highest BCUT2D eigenvalue weighted by molar-refractivity contribution is 7.99. The Kier molecular flexibility index (Phi) is 2.62. The van der Waals surface area contributed by atoms with Gasteiger partial charge in [-0.25, -0.2) is 4.98 Å². The fourth-order valence-electron chi connectivity index (χ4n) is 2.05. The normalized spacial score (nSPS) is 14.1. The van der Waals surface area contributed by atoms with Gasteiger partial charge >= 0.3 is 0 Å². The summed E-state index contributed by atoms with van der Waals surface area (Å²) in [5.74, 6) is 1.58. The number of rotatable bonds is 1. The molecule has 1 aliphatic heterocycles. The van der Waals surface area contributed by atoms with Gasteiger partial charge in [0.2, 0.25) is 5.82 Å². The molecule has 2 aromatic rings. The van der Waals surface area contributed by atoms with E-state index >= 15 is 0 Å². The highest BCUT2D eigenvalue weighted by Crippen LogP contribution is 2.32. The lowest BCUT2D eigenvalue weighted by Crippen LogP contribution is -1.98. The van der Waals surface area contributed by atoms with Gasteiger partial charge in [-0.1, -0.05) is 6.07 Å². The molecule has 0 fully saturated rings. The highest BCUT2D eigenvalue weighted by atomic mass is 32.2. The SMILES string of the molecule is N#Cc1ncc(-c2ccc3c(c2)CCCS3)[nH]1. The third-order valence-corrected chi connectivity index (χ3v) is 4.10. The smallest absolute Gasteiger partial charge is 0.210 e. The fourth-order valence-corrected chi connectivity index (χ4v) is 3.07. The molecule has 84 valence electrons. The summed E-state index contributed by atoms with van der Waals surface area (Å²) in [4.78, 5) is 8.40. The first-order valence-electron chi connectivity index (χ1n) is 5.58. The molecule has 0 saturated carbocycles. The molecule has 0 aliphatic carbocycles. The highest BCUT2D eigenvalue weighted by Gasteiger charge is 2.11. The molecule has 0 saturated heterocycles. The molecule has 0 radical (unpaired) electrons. The van der Waals surface area contributed by atoms with E-state index < -0.39 is 0 Å². The van der Waals surface area contributed by atoms with E-state index in [9.17, 15) is 0 Å². The van der Waals surface area contributed by atoms with Gasteiger partial charge in [-0.15, -0.1) is 11.8 Å². The van der Waals surface area contributed by atoms with Crippen LogP contribution < -0.4 is 0 Å². The van der Waals surface area contributed by atoms with Crippen LogP contribution in [0.15, 0.2) is 29.3 Å². The maximum atomic E-state index is 8.74. The Bertz CT molecular complexity index is 595. The lowest BCUT2D eigenvalue weighted by atomic mass is 10.0. The summed E-state index contributed by atoms with van der Waals surface area (Å²) in [6, 6.07) is 8.47. The molecule has 1 aromatic heterocycles. The Balaban J connectivity index is 2.01. The van der Waals surface area contributed by atoms with Gasteiger partial charge in [0.15, 0.2) is 0 Å². The van der Waals surface area contributed by atoms with Crippen LogP contribution in [0.25, 0.3) is 11.3 Å². The van der Waals surface area contributed by atoms with E-state index in [0.29, 0.717) is 5.82 Å². The summed E-state index contributed by atoms with van der Waals surface area (Å²) in [6.07, 6.45) is 4.11. The molecule has 0 spiro atoms. The van der Waals surface area contributed by atoms with Crippen molar-refractivity contribution in [3.8, 4) is 17.3 Å². The monoisotopic (exact) mass is 241 g/mol. The Hall–Kier alpha value is -1.73. The van der Waals surface area contributed by atoms with Crippen molar-refractivity contribution in [2.45, 2.75) is 17.7 Å². The minimum Gasteiger partial charge on any atom is -0.329 e. The van der Waals surface area contributed by atoms with Crippen LogP contribution in [-0.4, -0.2) is 15.7 Å². The van der Waals surface area contributed by atoms with Crippen molar-refractivity contribution >= 4 is 11.8 Å². The number of imidazole rings is 1. The number of H-pyrrole nitrogens is 1. The van der Waals surface area contributed by atoms with E-state index in [4.69, 9.17) is 5.26 Å². The van der Waals surface area contributed by atoms with Gasteiger partial charge < -0.3 is 4.98 Å². The Morgan fingerprint density at radius 1 is 1.41 bits per heavy atom. The van der Waals surface area contributed by atoms with Gasteiger partial charge in [-0.05, 0) is 41.9 Å². The van der Waals surface area contributed by atoms with Gasteiger partial charge in [0.05, 0.1) is 11.9 Å². The molecule has 1 aromatic carbocycles. The minimum absolute atomic E-state index is 0.368. The number of aryl methyl sites for hydroxylation is 1. The molecule has 17 heavy (non-hydrogen) atoms. The number of thioether (sulfide) groups is 1. The second-order valence-corrected chi connectivity index (χ2v) is 5.17. The van der Waals surface area contributed by atoms with Crippen molar-refractivity contribution in [3.05, 3.63) is 35.8 Å². The first kappa shape index (κ1) is 10.4. The molecule has 4 heteroatoms. The molecule has 0 bridgehead atoms. The van der Waals surface area contributed by atoms with Crippen molar-refractivity contribution in [3.63, 3.8) is 0 Å². The number of nitrogens with zero attached hydrogens (tertiary/aromatic N) is 2. The van der Waals surface area contributed by atoms with Crippen LogP contribution in [0.5, 0.6) is 0 Å². The van der Waals surface area contributed by atoms with Gasteiger partial charge in [-0.3, -0.25) is 0 Å². The van der Waals surface area contributed by atoms with Gasteiger partial charge in [-0.2, -0.15) is 5.26 Å². The van der Waals surface area contributed by atoms with Crippen LogP contribution in [0.4, 0.5) is 0 Å². The van der Waals surface area contributed by atoms with Crippen LogP contribution in [0, 0.1) is 11.3 Å². The quantitative estimate of drug-likeness (QED) is 0.835. The standard InChI is InChI=1S/C13H11N3S/c14-7-13-15-8-11(16-13)9-3-4-12-10(6-9)2-1-5-17-12/h3-4,6,8H,1-2,5H2,(H,15,16). The maximum Gasteiger partial charge on any atom is 0.210 e. The molecule has 1 N–H and O–H groups in total. The number of fused-ring (bicyclic) bond motifs is 1. The Morgan fingerprint density at radius 2 is 2.35 bits per heavy atom. The summed E-state index contributed by atoms with van der Waals surface area (Å²) in [6.45, 7) is 0. The molecule has 0 unspecified atom stereocenters. The fraction of sp³-hybridized carbons (Fsp3) is 0.231. The Morgan fingerprint density at radius 3 is 3.18 bits per heavy atom. The number of benzene rings is 1. The number of nitrogens with one attached hydrogen (secondary N) is 1. The second kappa shape index (κ2) is 4.27. The average Bonchev–Trinajstić information content (AvgIpc) is 2.87. The lowest BCUT2D eigenvalue weighted by Gasteiger charge is -2.15. The summed E-state index contributed by atoms with van der Waals surface area (Å²) < 4.78 is 0. The zero-order valence-electron chi connectivity index (χ0n) is 9.23. The lowest BCUT2D eigenvalue weighted by molar-refractivity contribution is 0.890. The second-order valence-electron chi connectivity index (χ2n) is 4.03. The molecule has 1 aliphatic rings. The van der Waals surface area contributed by atoms with Gasteiger partial charge in [0, 0.05) is 4.90 Å². The summed E-state index contributed by atoms with van der Waals surface area (Å²) in [7, 11) is 0. The Labute approximate surface area is 104 Å². The topological polar surface area (TPSA) is 52.5 Å². The third kappa shape index (κ3) is 1.94. The van der Waals surface area contributed by atoms with E-state index in [1.54, 1.807) is 6.20 Å². The molecular formula is C13H11N3S. The van der Waals surface area contributed by atoms with E-state index in [1.807, 2.05) is 17.8 Å². The van der Waals surface area contributed by atoms with Crippen LogP contribution in [-0.2, 0) is 6.42 Å². The van der Waals surface area contributed by atoms with E-state index in [-0.39, 0.29) is 0 Å². The predicted octanol–water partition coefficient (Wildman–Crippen LogP) is 2.99. The number of hydrogen-bond donors (Lipinski definition) is 1. The number of hydrogen-bond acceptors (Lipinski definition) is 3. The molecule has 2 heterocycles. The molecule has 3 nitrogen and oxygen atoms in total. The zero-order valence-corrected chi connectivity index (χ0v) is 10.0. The van der Waals surface area contributed by atoms with Crippen molar-refractivity contribution in [1.82, 2.24) is 9.97 Å². The summed E-state index contributed by atoms with van der Waals surface area (Å²) in [5, 5.41) is 8.74. The van der Waals surface area contributed by atoms with Crippen molar-refractivity contribution in [2.75, 3.05) is 5.75 Å². The van der Waals surface area contributed by atoms with Gasteiger partial charge in [0.1, 0.15) is 6.07 Å². The van der Waals surface area contributed by atoms with Crippen molar-refractivity contribution < 1.29 is 0 Å². The zero-order chi connectivity index (χ0) is 11.7. The van der Waals surface area contributed by atoms with E-state index in [0.717, 1.165) is 17.7 Å². The summed E-state index contributed by atoms with van der Waals surface area (Å²) >= 11 is 1.92. The molecule has 0 atom stereocenters. The predicted molar refractivity (Wildman–Crippen MR) is 67.8 cm³/mol. The van der Waals surface area contributed by atoms with Crippen LogP contribution >= 0.6 is 11.8 Å². The largest absolute Gasteiger partial charge is 0.329 e. The van der Waals surface area contributed by atoms with Crippen molar-refractivity contribution in [1.29, 1.82) is 5.26 Å². The number of nitriles is 1. The first-order valence-corrected chi connectivity index (χ1v) is 6.56. The number of aromatic nitrogens is 2. The van der Waals surface area contributed by atoms with Crippen molar-refractivity contribution in [2.24, 2.45) is 0 Å². The summed E-state index contributed by atoms with van der Waals surface area (Å²) in [5.41, 5.74) is 3.44. The molecule has 0 amide bonds. The maximum absolute atomic E-state index is 8.74. The van der Waals surface area contributed by atoms with E-state index in [1.165, 1.54) is 22.6 Å². The molecular weight excluding hydrogens is 230 g/mol. The third-order valence-electron chi connectivity index (χ3n) is 2.90. The average molecular weight is 241 g/mol. The van der Waals surface area contributed by atoms with Gasteiger partial charge in [0.25, 0.3) is 0 Å². The van der Waals surface area contributed by atoms with E-state index in [2.05, 4.69) is 28.2 Å². The van der Waals surface area contributed by atoms with Crippen LogP contribution in [0.1, 0.15) is 17.8 Å². The number of aromatic amines is 1. The van der Waals surface area contributed by atoms with Crippen LogP contribution in [0.2, 0.25) is 0 Å². The first-order chi connectivity index (χ1) is 8.36. The van der Waals surface area contributed by atoms with Crippen LogP contribution in [0.3, 0.4) is 0 Å².